The zero-order chi connectivity index (χ0) is 9.97. The summed E-state index contributed by atoms with van der Waals surface area (Å²) in [6, 6.07) is 0. The van der Waals surface area contributed by atoms with Crippen LogP contribution in [0.2, 0.25) is 0 Å². The van der Waals surface area contributed by atoms with E-state index in [1.54, 1.807) is 0 Å². The van der Waals surface area contributed by atoms with Crippen LogP contribution in [0.4, 0.5) is 0 Å². The van der Waals surface area contributed by atoms with E-state index in [4.69, 9.17) is 4.74 Å². The van der Waals surface area contributed by atoms with E-state index in [0.29, 0.717) is 12.5 Å². The second-order valence-corrected chi connectivity index (χ2v) is 3.78. The zero-order valence-corrected chi connectivity index (χ0v) is 8.24. The highest BCUT2D eigenvalue weighted by atomic mass is 16.5. The normalized spacial score (nSPS) is 26.3. The molecule has 2 heterocycles. The molecule has 2 rings (SSSR count). The number of hydrogen-bond donors (Lipinski definition) is 0. The van der Waals surface area contributed by atoms with Crippen molar-refractivity contribution in [2.75, 3.05) is 19.7 Å². The largest absolute Gasteiger partial charge is 0.462 e. The van der Waals surface area contributed by atoms with Crippen molar-refractivity contribution in [2.45, 2.75) is 12.8 Å². The van der Waals surface area contributed by atoms with Gasteiger partial charge in [0.2, 0.25) is 0 Å². The highest BCUT2D eigenvalue weighted by Crippen LogP contribution is 2.29. The van der Waals surface area contributed by atoms with Crippen molar-refractivity contribution in [3.05, 3.63) is 24.4 Å². The molecule has 0 aromatic carbocycles. The van der Waals surface area contributed by atoms with Crippen molar-refractivity contribution >= 4 is 5.97 Å². The summed E-state index contributed by atoms with van der Waals surface area (Å²) >= 11 is 0. The molecule has 3 nitrogen and oxygen atoms in total. The minimum Gasteiger partial charge on any atom is -0.462 e. The molecule has 0 N–H and O–H groups in total. The topological polar surface area (TPSA) is 29.5 Å². The maximum atomic E-state index is 11.4. The van der Waals surface area contributed by atoms with Crippen LogP contribution in [-0.2, 0) is 9.53 Å². The zero-order valence-electron chi connectivity index (χ0n) is 8.24. The lowest BCUT2D eigenvalue weighted by molar-refractivity contribution is -0.143. The number of hydrogen-bond acceptors (Lipinski definition) is 3. The van der Waals surface area contributed by atoms with Gasteiger partial charge in [-0.25, -0.2) is 4.79 Å². The van der Waals surface area contributed by atoms with Gasteiger partial charge in [0.1, 0.15) is 0 Å². The van der Waals surface area contributed by atoms with E-state index in [1.165, 1.54) is 0 Å². The van der Waals surface area contributed by atoms with Gasteiger partial charge in [-0.05, 0) is 18.8 Å². The van der Waals surface area contributed by atoms with Gasteiger partial charge in [0.15, 0.2) is 0 Å². The Morgan fingerprint density at radius 3 is 3.29 bits per heavy atom. The average Bonchev–Trinajstić information content (AvgIpc) is 2.20. The van der Waals surface area contributed by atoms with Gasteiger partial charge in [-0.3, -0.25) is 0 Å². The van der Waals surface area contributed by atoms with Gasteiger partial charge < -0.3 is 9.64 Å². The van der Waals surface area contributed by atoms with E-state index in [9.17, 15) is 4.79 Å². The van der Waals surface area contributed by atoms with Crippen molar-refractivity contribution in [1.82, 2.24) is 4.90 Å². The standard InChI is InChI=1S/C11H15NO2/c1-2-5-12-6-3-9-4-7-14-11(13)10(9)8-12/h2,8-9H,1,3-7H2. The molecule has 1 unspecified atom stereocenters. The van der Waals surface area contributed by atoms with E-state index in [0.717, 1.165) is 31.5 Å². The smallest absolute Gasteiger partial charge is 0.335 e. The fraction of sp³-hybridized carbons (Fsp3) is 0.545. The van der Waals surface area contributed by atoms with Crippen LogP contribution in [-0.4, -0.2) is 30.6 Å². The van der Waals surface area contributed by atoms with E-state index in [1.807, 2.05) is 12.3 Å². The highest BCUT2D eigenvalue weighted by molar-refractivity contribution is 5.89. The molecule has 0 aromatic heterocycles. The van der Waals surface area contributed by atoms with Crippen molar-refractivity contribution < 1.29 is 9.53 Å². The lowest BCUT2D eigenvalue weighted by Crippen LogP contribution is -2.34. The number of carbonyl (C=O) groups is 1. The van der Waals surface area contributed by atoms with Crippen molar-refractivity contribution in [3.8, 4) is 0 Å². The van der Waals surface area contributed by atoms with Crippen molar-refractivity contribution in [3.63, 3.8) is 0 Å². The number of ether oxygens (including phenoxy) is 1. The van der Waals surface area contributed by atoms with E-state index >= 15 is 0 Å². The predicted octanol–water partition coefficient (Wildman–Crippen LogP) is 1.33. The third-order valence-electron chi connectivity index (χ3n) is 2.83. The molecule has 14 heavy (non-hydrogen) atoms. The molecule has 1 atom stereocenters. The molecule has 0 spiro atoms. The first-order valence-corrected chi connectivity index (χ1v) is 5.05. The minimum atomic E-state index is -0.130. The first-order valence-electron chi connectivity index (χ1n) is 5.05. The lowest BCUT2D eigenvalue weighted by Gasteiger charge is -2.33. The van der Waals surface area contributed by atoms with Gasteiger partial charge in [-0.2, -0.15) is 0 Å². The predicted molar refractivity (Wildman–Crippen MR) is 53.5 cm³/mol. The Labute approximate surface area is 84.0 Å². The Balaban J connectivity index is 2.14. The molecule has 3 heteroatoms. The third kappa shape index (κ3) is 1.67. The Bertz CT molecular complexity index is 283. The number of cyclic esters (lactones) is 1. The summed E-state index contributed by atoms with van der Waals surface area (Å²) in [7, 11) is 0. The molecule has 2 aliphatic rings. The molecule has 0 bridgehead atoms. The summed E-state index contributed by atoms with van der Waals surface area (Å²) in [4.78, 5) is 13.6. The molecule has 0 amide bonds. The van der Waals surface area contributed by atoms with E-state index in [-0.39, 0.29) is 5.97 Å². The molecule has 2 aliphatic heterocycles. The summed E-state index contributed by atoms with van der Waals surface area (Å²) in [6.07, 6.45) is 5.84. The Kier molecular flexibility index (Phi) is 2.57. The molecule has 76 valence electrons. The van der Waals surface area contributed by atoms with Gasteiger partial charge >= 0.3 is 5.97 Å². The van der Waals surface area contributed by atoms with Crippen LogP contribution < -0.4 is 0 Å². The van der Waals surface area contributed by atoms with Crippen LogP contribution in [0.25, 0.3) is 0 Å². The summed E-state index contributed by atoms with van der Waals surface area (Å²) in [5.74, 6) is 0.298. The van der Waals surface area contributed by atoms with Gasteiger partial charge in [-0.1, -0.05) is 6.08 Å². The average molecular weight is 193 g/mol. The third-order valence-corrected chi connectivity index (χ3v) is 2.83. The van der Waals surface area contributed by atoms with Crippen LogP contribution >= 0.6 is 0 Å². The van der Waals surface area contributed by atoms with Gasteiger partial charge in [0.25, 0.3) is 0 Å². The fourth-order valence-corrected chi connectivity index (χ4v) is 2.05. The number of carbonyl (C=O) groups excluding carboxylic acids is 1. The summed E-state index contributed by atoms with van der Waals surface area (Å²) in [6.45, 7) is 6.11. The maximum Gasteiger partial charge on any atom is 0.335 e. The molecule has 0 radical (unpaired) electrons. The molecular formula is C11H15NO2. The lowest BCUT2D eigenvalue weighted by atomic mass is 9.89. The van der Waals surface area contributed by atoms with Crippen molar-refractivity contribution in [2.24, 2.45) is 5.92 Å². The second kappa shape index (κ2) is 3.86. The molecular weight excluding hydrogens is 178 g/mol. The van der Waals surface area contributed by atoms with E-state index in [2.05, 4.69) is 11.5 Å². The Hall–Kier alpha value is -1.25. The molecule has 1 fully saturated rings. The van der Waals surface area contributed by atoms with Crippen LogP contribution in [0.3, 0.4) is 0 Å². The number of nitrogens with zero attached hydrogens (tertiary/aromatic N) is 1. The molecule has 0 saturated carbocycles. The first-order chi connectivity index (χ1) is 6.81. The summed E-state index contributed by atoms with van der Waals surface area (Å²) in [5.41, 5.74) is 0.851. The highest BCUT2D eigenvalue weighted by Gasteiger charge is 2.30. The second-order valence-electron chi connectivity index (χ2n) is 3.78. The first kappa shape index (κ1) is 9.31. The number of fused-ring (bicyclic) bond motifs is 1. The van der Waals surface area contributed by atoms with E-state index < -0.39 is 0 Å². The van der Waals surface area contributed by atoms with Crippen LogP contribution in [0.15, 0.2) is 24.4 Å². The summed E-state index contributed by atoms with van der Waals surface area (Å²) < 4.78 is 5.01. The fourth-order valence-electron chi connectivity index (χ4n) is 2.05. The van der Waals surface area contributed by atoms with Crippen LogP contribution in [0.5, 0.6) is 0 Å². The molecule has 0 aliphatic carbocycles. The Morgan fingerprint density at radius 1 is 1.64 bits per heavy atom. The number of rotatable bonds is 2. The maximum absolute atomic E-state index is 11.4. The van der Waals surface area contributed by atoms with Gasteiger partial charge in [-0.15, -0.1) is 6.58 Å². The molecule has 0 aromatic rings. The minimum absolute atomic E-state index is 0.130. The molecule has 1 saturated heterocycles. The monoisotopic (exact) mass is 193 g/mol. The Morgan fingerprint density at radius 2 is 2.50 bits per heavy atom. The quantitative estimate of drug-likeness (QED) is 0.489. The SMILES string of the molecule is C=CCN1C=C2C(=O)OCCC2CC1. The number of esters is 1. The summed E-state index contributed by atoms with van der Waals surface area (Å²) in [5, 5.41) is 0. The van der Waals surface area contributed by atoms with Crippen LogP contribution in [0, 0.1) is 5.92 Å². The van der Waals surface area contributed by atoms with Gasteiger partial charge in [0.05, 0.1) is 12.2 Å². The van der Waals surface area contributed by atoms with Crippen LogP contribution in [0.1, 0.15) is 12.8 Å². The van der Waals surface area contributed by atoms with Crippen molar-refractivity contribution in [1.29, 1.82) is 0 Å². The van der Waals surface area contributed by atoms with Gasteiger partial charge in [0, 0.05) is 19.3 Å².